The normalized spacial score (nSPS) is 23.6. The predicted molar refractivity (Wildman–Crippen MR) is 111 cm³/mol. The highest BCUT2D eigenvalue weighted by Crippen LogP contribution is 2.44. The van der Waals surface area contributed by atoms with Gasteiger partial charge in [-0.2, -0.15) is 0 Å². The van der Waals surface area contributed by atoms with Gasteiger partial charge in [-0.05, 0) is 82.3 Å². The lowest BCUT2D eigenvalue weighted by molar-refractivity contribution is 0.0666. The Hall–Kier alpha value is -2.36. The molecule has 0 unspecified atom stereocenters. The molecule has 0 radical (unpaired) electrons. The zero-order valence-corrected chi connectivity index (χ0v) is 17.2. The molecule has 2 aliphatic rings. The minimum atomic E-state index is -0.203. The molecule has 2 saturated heterocycles. The lowest BCUT2D eigenvalue weighted by Gasteiger charge is -2.42. The van der Waals surface area contributed by atoms with Gasteiger partial charge in [-0.1, -0.05) is 17.7 Å². The van der Waals surface area contributed by atoms with Crippen LogP contribution >= 0.6 is 0 Å². The van der Waals surface area contributed by atoms with Gasteiger partial charge in [0.05, 0.1) is 0 Å². The molecule has 2 aromatic carbocycles. The first-order valence-electron chi connectivity index (χ1n) is 10.2. The second-order valence-corrected chi connectivity index (χ2v) is 9.05. The third kappa shape index (κ3) is 3.30. The number of carbonyl (C=O) groups excluding carboxylic acids is 1. The second-order valence-electron chi connectivity index (χ2n) is 9.05. The third-order valence-corrected chi connectivity index (χ3v) is 6.45. The number of piperidine rings is 1. The van der Waals surface area contributed by atoms with E-state index in [1.807, 2.05) is 43.0 Å². The number of carbonyl (C=O) groups is 1. The fraction of sp³-hybridized carbons (Fsp3) is 0.458. The lowest BCUT2D eigenvalue weighted by Crippen LogP contribution is -2.50. The molecule has 0 aliphatic carbocycles. The molecule has 4 rings (SSSR count). The highest BCUT2D eigenvalue weighted by atomic mass is 19.1. The van der Waals surface area contributed by atoms with Crippen LogP contribution in [-0.4, -0.2) is 35.5 Å². The van der Waals surface area contributed by atoms with Crippen molar-refractivity contribution in [1.82, 2.24) is 4.90 Å². The molecule has 0 aromatic heterocycles. The minimum absolute atomic E-state index is 0.00846. The van der Waals surface area contributed by atoms with Crippen molar-refractivity contribution in [3.63, 3.8) is 0 Å². The zero-order valence-electron chi connectivity index (χ0n) is 17.2. The summed E-state index contributed by atoms with van der Waals surface area (Å²) >= 11 is 0. The zero-order chi connectivity index (χ0) is 20.1. The summed E-state index contributed by atoms with van der Waals surface area (Å²) in [6, 6.07) is 13.3. The van der Waals surface area contributed by atoms with Crippen molar-refractivity contribution in [2.24, 2.45) is 5.92 Å². The number of fused-ring (bicyclic) bond motifs is 1. The maximum absolute atomic E-state index is 13.4. The molecule has 2 fully saturated rings. The quantitative estimate of drug-likeness (QED) is 0.735. The van der Waals surface area contributed by atoms with Crippen molar-refractivity contribution >= 4 is 11.6 Å². The van der Waals surface area contributed by atoms with Crippen LogP contribution in [-0.2, 0) is 0 Å². The summed E-state index contributed by atoms with van der Waals surface area (Å²) in [6.45, 7) is 10.1. The number of anilines is 1. The fourth-order valence-electron chi connectivity index (χ4n) is 5.21. The van der Waals surface area contributed by atoms with Crippen LogP contribution in [0.1, 0.15) is 48.2 Å². The molecule has 2 aliphatic heterocycles. The van der Waals surface area contributed by atoms with Gasteiger partial charge in [0.1, 0.15) is 5.82 Å². The molecule has 3 nitrogen and oxygen atoms in total. The average Bonchev–Trinajstić information content (AvgIpc) is 2.93. The predicted octanol–water partition coefficient (Wildman–Crippen LogP) is 4.96. The van der Waals surface area contributed by atoms with Crippen LogP contribution in [0, 0.1) is 25.6 Å². The largest absolute Gasteiger partial charge is 0.363 e. The van der Waals surface area contributed by atoms with Gasteiger partial charge in [0, 0.05) is 35.9 Å². The molecule has 0 N–H and O–H groups in total. The van der Waals surface area contributed by atoms with E-state index in [2.05, 4.69) is 24.8 Å². The topological polar surface area (TPSA) is 23.6 Å². The standard InChI is InChI=1S/C24H29FN2O/c1-16-5-6-17(2)21(13-16)23(28)26-12-11-22-18(15-26)14-24(3,4)27(22)20-9-7-19(25)8-10-20/h5-10,13,18,22H,11-12,14-15H2,1-4H3/t18-,22+/m1/s1. The summed E-state index contributed by atoms with van der Waals surface area (Å²) in [5.41, 5.74) is 4.05. The summed E-state index contributed by atoms with van der Waals surface area (Å²) in [4.78, 5) is 17.7. The number of likely N-dealkylation sites (tertiary alicyclic amines) is 1. The summed E-state index contributed by atoms with van der Waals surface area (Å²) in [7, 11) is 0. The number of hydrogen-bond acceptors (Lipinski definition) is 2. The highest BCUT2D eigenvalue weighted by molar-refractivity contribution is 5.96. The van der Waals surface area contributed by atoms with E-state index in [9.17, 15) is 9.18 Å². The first-order valence-corrected chi connectivity index (χ1v) is 10.2. The Morgan fingerprint density at radius 2 is 1.82 bits per heavy atom. The molecule has 148 valence electrons. The van der Waals surface area contributed by atoms with Gasteiger partial charge in [-0.15, -0.1) is 0 Å². The molecule has 0 saturated carbocycles. The Kier molecular flexibility index (Phi) is 4.68. The SMILES string of the molecule is Cc1ccc(C)c(C(=O)N2CC[C@H]3[C@@H](C2)CC(C)(C)N3c2ccc(F)cc2)c1. The number of aryl methyl sites for hydroxylation is 2. The Labute approximate surface area is 167 Å². The first kappa shape index (κ1) is 19.0. The number of hydrogen-bond donors (Lipinski definition) is 0. The number of benzene rings is 2. The van der Waals surface area contributed by atoms with Crippen molar-refractivity contribution < 1.29 is 9.18 Å². The molecule has 0 bridgehead atoms. The molecule has 2 heterocycles. The fourth-order valence-corrected chi connectivity index (χ4v) is 5.21. The maximum Gasteiger partial charge on any atom is 0.254 e. The number of rotatable bonds is 2. The third-order valence-electron chi connectivity index (χ3n) is 6.45. The summed E-state index contributed by atoms with van der Waals surface area (Å²) < 4.78 is 13.4. The van der Waals surface area contributed by atoms with Gasteiger partial charge < -0.3 is 9.80 Å². The van der Waals surface area contributed by atoms with Gasteiger partial charge >= 0.3 is 0 Å². The minimum Gasteiger partial charge on any atom is -0.363 e. The Morgan fingerprint density at radius 1 is 1.11 bits per heavy atom. The highest BCUT2D eigenvalue weighted by Gasteiger charge is 2.48. The van der Waals surface area contributed by atoms with Crippen LogP contribution in [0.4, 0.5) is 10.1 Å². The van der Waals surface area contributed by atoms with Gasteiger partial charge in [-0.25, -0.2) is 4.39 Å². The second kappa shape index (κ2) is 6.91. The summed E-state index contributed by atoms with van der Waals surface area (Å²) in [5.74, 6) is 0.381. The van der Waals surface area contributed by atoms with E-state index in [4.69, 9.17) is 0 Å². The molecule has 0 spiro atoms. The Morgan fingerprint density at radius 3 is 2.54 bits per heavy atom. The molecular formula is C24H29FN2O. The Balaban J connectivity index is 1.56. The van der Waals surface area contributed by atoms with Crippen molar-refractivity contribution in [2.75, 3.05) is 18.0 Å². The van der Waals surface area contributed by atoms with Crippen LogP contribution in [0.5, 0.6) is 0 Å². The van der Waals surface area contributed by atoms with Crippen LogP contribution < -0.4 is 4.90 Å². The van der Waals surface area contributed by atoms with E-state index in [1.54, 1.807) is 0 Å². The smallest absolute Gasteiger partial charge is 0.254 e. The first-order chi connectivity index (χ1) is 13.3. The van der Waals surface area contributed by atoms with Gasteiger partial charge in [0.15, 0.2) is 0 Å². The van der Waals surface area contributed by atoms with E-state index >= 15 is 0 Å². The van der Waals surface area contributed by atoms with E-state index in [-0.39, 0.29) is 17.3 Å². The molecule has 4 heteroatoms. The molecular weight excluding hydrogens is 351 g/mol. The maximum atomic E-state index is 13.4. The summed E-state index contributed by atoms with van der Waals surface area (Å²) in [6.07, 6.45) is 1.98. The van der Waals surface area contributed by atoms with Crippen molar-refractivity contribution in [3.05, 3.63) is 65.0 Å². The van der Waals surface area contributed by atoms with Gasteiger partial charge in [0.2, 0.25) is 0 Å². The molecule has 28 heavy (non-hydrogen) atoms. The van der Waals surface area contributed by atoms with Gasteiger partial charge in [0.25, 0.3) is 5.91 Å². The van der Waals surface area contributed by atoms with Crippen molar-refractivity contribution in [2.45, 2.75) is 52.1 Å². The van der Waals surface area contributed by atoms with Gasteiger partial charge in [-0.3, -0.25) is 4.79 Å². The number of amides is 1. The van der Waals surface area contributed by atoms with Crippen molar-refractivity contribution in [1.29, 1.82) is 0 Å². The Bertz CT molecular complexity index is 890. The van der Waals surface area contributed by atoms with Crippen LogP contribution in [0.15, 0.2) is 42.5 Å². The van der Waals surface area contributed by atoms with E-state index in [0.29, 0.717) is 12.0 Å². The van der Waals surface area contributed by atoms with E-state index < -0.39 is 0 Å². The lowest BCUT2D eigenvalue weighted by atomic mass is 9.89. The van der Waals surface area contributed by atoms with Crippen LogP contribution in [0.2, 0.25) is 0 Å². The molecule has 1 amide bonds. The number of nitrogens with zero attached hydrogens (tertiary/aromatic N) is 2. The van der Waals surface area contributed by atoms with E-state index in [0.717, 1.165) is 48.3 Å². The average molecular weight is 381 g/mol. The summed E-state index contributed by atoms with van der Waals surface area (Å²) in [5, 5.41) is 0. The van der Waals surface area contributed by atoms with Crippen LogP contribution in [0.3, 0.4) is 0 Å². The van der Waals surface area contributed by atoms with E-state index in [1.165, 1.54) is 12.1 Å². The van der Waals surface area contributed by atoms with Crippen LogP contribution in [0.25, 0.3) is 0 Å². The monoisotopic (exact) mass is 380 g/mol. The number of halogens is 1. The van der Waals surface area contributed by atoms with Crippen molar-refractivity contribution in [3.8, 4) is 0 Å². The molecule has 2 aromatic rings. The molecule has 2 atom stereocenters.